The van der Waals surface area contributed by atoms with Crippen LogP contribution in [0, 0.1) is 0 Å². The SMILES string of the molecule is O=C[C@H](O)[C@@H](O)[C@H](O[C@H]1O[C@H](CO)[C@@H](O[C@H]2O[C@H](CO)[C@@H](O[C@H]3O[C@H](CO)[C@@H](O[C@H]4O[C@H](CO)[C@@H](O[C@H]5OCC[C@H](O)[C@H]5O)[C@H](O)[C@H]4O)[C@H](O)[C@H]3O)[C@H](O)[C@H]2O)[C@H](O)[C@H]1O)[C@H](O)CO. The molecular formula is C35H60O29. The smallest absolute Gasteiger partial charge is 0.187 e. The van der Waals surface area contributed by atoms with Gasteiger partial charge in [-0.15, -0.1) is 0 Å². The van der Waals surface area contributed by atoms with Gasteiger partial charge in [-0.2, -0.15) is 0 Å². The van der Waals surface area contributed by atoms with Crippen molar-refractivity contribution in [2.24, 2.45) is 0 Å². The van der Waals surface area contributed by atoms with Crippen molar-refractivity contribution in [1.29, 1.82) is 0 Å². The molecule has 0 saturated carbocycles. The molecule has 0 bridgehead atoms. The number of hydrogen-bond acceptors (Lipinski definition) is 29. The highest BCUT2D eigenvalue weighted by Crippen LogP contribution is 2.35. The largest absolute Gasteiger partial charge is 0.394 e. The van der Waals surface area contributed by atoms with E-state index in [1.807, 2.05) is 0 Å². The molecule has 29 nitrogen and oxygen atoms in total. The fraction of sp³-hybridized carbons (Fsp3) is 0.971. The van der Waals surface area contributed by atoms with Crippen LogP contribution in [0.3, 0.4) is 0 Å². The summed E-state index contributed by atoms with van der Waals surface area (Å²) in [6.45, 7) is -5.01. The minimum Gasteiger partial charge on any atom is -0.394 e. The third-order valence-electron chi connectivity index (χ3n) is 11.5. The lowest BCUT2D eigenvalue weighted by atomic mass is 9.95. The van der Waals surface area contributed by atoms with Crippen LogP contribution in [-0.2, 0) is 52.2 Å². The van der Waals surface area contributed by atoms with Crippen LogP contribution in [-0.4, -0.2) is 304 Å². The molecule has 0 aliphatic carbocycles. The molecular weight excluding hydrogens is 884 g/mol. The zero-order chi connectivity index (χ0) is 47.3. The maximum absolute atomic E-state index is 11.2. The maximum atomic E-state index is 11.2. The first-order chi connectivity index (χ1) is 30.4. The van der Waals surface area contributed by atoms with Gasteiger partial charge in [-0.05, 0) is 6.42 Å². The number of aliphatic hydroxyl groups is 18. The fourth-order valence-corrected chi connectivity index (χ4v) is 7.76. The number of ether oxygens (including phenoxy) is 10. The van der Waals surface area contributed by atoms with Crippen molar-refractivity contribution in [1.82, 2.24) is 0 Å². The van der Waals surface area contributed by atoms with Crippen molar-refractivity contribution in [2.75, 3.05) is 39.6 Å². The van der Waals surface area contributed by atoms with Crippen LogP contribution < -0.4 is 0 Å². The Kier molecular flexibility index (Phi) is 19.8. The summed E-state index contributed by atoms with van der Waals surface area (Å²) in [7, 11) is 0. The van der Waals surface area contributed by atoms with Gasteiger partial charge < -0.3 is 144 Å². The van der Waals surface area contributed by atoms with Gasteiger partial charge in [-0.25, -0.2) is 0 Å². The van der Waals surface area contributed by atoms with Gasteiger partial charge in [0.05, 0.1) is 45.7 Å². The average Bonchev–Trinajstić information content (AvgIpc) is 3.29. The fourth-order valence-electron chi connectivity index (χ4n) is 7.76. The summed E-state index contributed by atoms with van der Waals surface area (Å²) >= 11 is 0. The van der Waals surface area contributed by atoms with Crippen molar-refractivity contribution in [3.05, 3.63) is 0 Å². The molecule has 29 heteroatoms. The molecule has 18 N–H and O–H groups in total. The van der Waals surface area contributed by atoms with E-state index in [0.29, 0.717) is 0 Å². The third kappa shape index (κ3) is 11.5. The Hall–Kier alpha value is -1.45. The summed E-state index contributed by atoms with van der Waals surface area (Å²) in [5, 5.41) is 188. The molecule has 0 unspecified atom stereocenters. The van der Waals surface area contributed by atoms with Gasteiger partial charge in [0, 0.05) is 0 Å². The summed E-state index contributed by atoms with van der Waals surface area (Å²) < 4.78 is 55.2. The van der Waals surface area contributed by atoms with Gasteiger partial charge in [-0.1, -0.05) is 0 Å². The van der Waals surface area contributed by atoms with E-state index in [1.54, 1.807) is 0 Å². The molecule has 0 spiro atoms. The van der Waals surface area contributed by atoms with Crippen molar-refractivity contribution in [2.45, 2.75) is 172 Å². The highest BCUT2D eigenvalue weighted by Gasteiger charge is 2.56. The molecule has 0 radical (unpaired) electrons. The van der Waals surface area contributed by atoms with Gasteiger partial charge >= 0.3 is 0 Å². The highest BCUT2D eigenvalue weighted by atomic mass is 16.8. The number of hydrogen-bond donors (Lipinski definition) is 18. The van der Waals surface area contributed by atoms with Gasteiger partial charge in [0.25, 0.3) is 0 Å². The molecule has 5 saturated heterocycles. The summed E-state index contributed by atoms with van der Waals surface area (Å²) in [5.74, 6) is 0. The number of carbonyl (C=O) groups excluding carboxylic acids is 1. The lowest BCUT2D eigenvalue weighted by molar-refractivity contribution is -0.392. The number of aldehydes is 1. The standard InChI is InChI=1S/C35H60O29/c36-3-10(43)16(45)26(11(44)4-37)60-32-22(51)19(48)28(13(6-39)56-32)62-34-24(53)21(50)30(15(8-41)58-34)64-35-25(54)20(49)29(14(7-40)59-35)63-33-23(52)18(47)27(12(5-38)57-33)61-31-17(46)9(42)1-2-55-31/h3,9-35,37-54H,1-2,4-8H2/t9-,10-,11+,12+,13+,14+,15+,16+,17+,18+,19+,20+,21+,22+,23+,24+,25+,26+,27+,28+,29+,30+,31+,32+,33+,34+,35+/m0/s1. The summed E-state index contributed by atoms with van der Waals surface area (Å²) in [6.07, 6.45) is -50.9. The normalized spacial score (nSPS) is 47.7. The molecule has 0 aromatic carbocycles. The van der Waals surface area contributed by atoms with Gasteiger partial charge in [0.2, 0.25) is 0 Å². The first-order valence-electron chi connectivity index (χ1n) is 20.2. The Morgan fingerprint density at radius 1 is 0.484 bits per heavy atom. The second kappa shape index (κ2) is 23.7. The number of carbonyl (C=O) groups is 1. The van der Waals surface area contributed by atoms with E-state index in [2.05, 4.69) is 0 Å². The molecule has 374 valence electrons. The van der Waals surface area contributed by atoms with Crippen LogP contribution in [0.5, 0.6) is 0 Å². The van der Waals surface area contributed by atoms with E-state index in [-0.39, 0.29) is 19.3 Å². The van der Waals surface area contributed by atoms with Crippen molar-refractivity contribution in [3.63, 3.8) is 0 Å². The average molecular weight is 945 g/mol. The molecule has 0 aromatic rings. The second-order valence-electron chi connectivity index (χ2n) is 15.8. The van der Waals surface area contributed by atoms with Gasteiger partial charge in [0.1, 0.15) is 128 Å². The van der Waals surface area contributed by atoms with E-state index in [0.717, 1.165) is 0 Å². The third-order valence-corrected chi connectivity index (χ3v) is 11.5. The molecule has 64 heavy (non-hydrogen) atoms. The second-order valence-corrected chi connectivity index (χ2v) is 15.8. The summed E-state index contributed by atoms with van der Waals surface area (Å²) in [4.78, 5) is 11.0. The van der Waals surface area contributed by atoms with Gasteiger partial charge in [-0.3, -0.25) is 0 Å². The molecule has 27 atom stereocenters. The summed E-state index contributed by atoms with van der Waals surface area (Å²) in [6, 6.07) is 0. The minimum absolute atomic E-state index is 0.0316. The molecule has 5 heterocycles. The molecule has 5 fully saturated rings. The van der Waals surface area contributed by atoms with Crippen LogP contribution in [0.2, 0.25) is 0 Å². The zero-order valence-electron chi connectivity index (χ0n) is 33.7. The Morgan fingerprint density at radius 2 is 0.828 bits per heavy atom. The van der Waals surface area contributed by atoms with Crippen LogP contribution >= 0.6 is 0 Å². The topological polar surface area (TPSA) is 474 Å². The monoisotopic (exact) mass is 944 g/mol. The van der Waals surface area contributed by atoms with Crippen molar-refractivity contribution in [3.8, 4) is 0 Å². The van der Waals surface area contributed by atoms with Crippen LogP contribution in [0.4, 0.5) is 0 Å². The quantitative estimate of drug-likeness (QED) is 0.0535. The Labute approximate surface area is 362 Å². The van der Waals surface area contributed by atoms with E-state index in [1.165, 1.54) is 0 Å². The Morgan fingerprint density at radius 3 is 1.17 bits per heavy atom. The predicted molar refractivity (Wildman–Crippen MR) is 193 cm³/mol. The van der Waals surface area contributed by atoms with Crippen LogP contribution in [0.25, 0.3) is 0 Å². The number of aliphatic hydroxyl groups excluding tert-OH is 18. The maximum Gasteiger partial charge on any atom is 0.187 e. The minimum atomic E-state index is -2.19. The molecule has 5 rings (SSSR count). The molecule has 5 aliphatic heterocycles. The summed E-state index contributed by atoms with van der Waals surface area (Å²) in [5.41, 5.74) is 0. The Balaban J connectivity index is 1.21. The van der Waals surface area contributed by atoms with E-state index < -0.39 is 199 Å². The van der Waals surface area contributed by atoms with E-state index >= 15 is 0 Å². The first kappa shape index (κ1) is 53.5. The number of rotatable bonds is 19. The molecule has 0 aromatic heterocycles. The first-order valence-corrected chi connectivity index (χ1v) is 20.2. The zero-order valence-corrected chi connectivity index (χ0v) is 33.7. The van der Waals surface area contributed by atoms with Crippen molar-refractivity contribution < 1.29 is 144 Å². The lowest BCUT2D eigenvalue weighted by Gasteiger charge is -2.49. The van der Waals surface area contributed by atoms with Gasteiger partial charge in [0.15, 0.2) is 37.7 Å². The van der Waals surface area contributed by atoms with Crippen LogP contribution in [0.1, 0.15) is 6.42 Å². The predicted octanol–water partition coefficient (Wildman–Crippen LogP) is -12.6. The lowest BCUT2D eigenvalue weighted by Crippen LogP contribution is -2.68. The Bertz CT molecular complexity index is 1400. The highest BCUT2D eigenvalue weighted by molar-refractivity contribution is 5.56. The van der Waals surface area contributed by atoms with E-state index in [4.69, 9.17) is 47.4 Å². The molecule has 0 amide bonds. The molecule has 5 aliphatic rings. The van der Waals surface area contributed by atoms with Crippen LogP contribution in [0.15, 0.2) is 0 Å². The van der Waals surface area contributed by atoms with E-state index in [9.17, 15) is 96.7 Å². The van der Waals surface area contributed by atoms with Crippen molar-refractivity contribution >= 4 is 6.29 Å².